The van der Waals surface area contributed by atoms with Gasteiger partial charge in [-0.2, -0.15) is 0 Å². The maximum absolute atomic E-state index is 12.8. The maximum atomic E-state index is 12.8. The van der Waals surface area contributed by atoms with Crippen molar-refractivity contribution in [3.05, 3.63) is 29.8 Å². The van der Waals surface area contributed by atoms with Crippen molar-refractivity contribution in [1.82, 2.24) is 10.0 Å². The van der Waals surface area contributed by atoms with Gasteiger partial charge >= 0.3 is 0 Å². The van der Waals surface area contributed by atoms with Gasteiger partial charge in [0, 0.05) is 11.6 Å². The normalized spacial score (nSPS) is 22.0. The lowest BCUT2D eigenvalue weighted by Gasteiger charge is -2.25. The Hall–Kier alpha value is -1.89. The zero-order valence-electron chi connectivity index (χ0n) is 15.4. The van der Waals surface area contributed by atoms with Gasteiger partial charge in [0.15, 0.2) is 0 Å². The molecule has 1 aliphatic heterocycles. The van der Waals surface area contributed by atoms with Gasteiger partial charge in [0.2, 0.25) is 5.91 Å². The summed E-state index contributed by atoms with van der Waals surface area (Å²) in [6.07, 6.45) is 6.09. The Morgan fingerprint density at radius 1 is 1.23 bits per heavy atom. The first-order valence-electron chi connectivity index (χ1n) is 9.37. The van der Waals surface area contributed by atoms with Gasteiger partial charge in [-0.1, -0.05) is 45.2 Å². The number of sulfonamides is 1. The van der Waals surface area contributed by atoms with E-state index < -0.39 is 16.1 Å². The Balaban J connectivity index is 1.84. The van der Waals surface area contributed by atoms with Gasteiger partial charge in [-0.05, 0) is 37.3 Å². The number of carbonyl (C=O) groups is 1. The number of nitrogens with zero attached hydrogens (tertiary/aromatic N) is 1. The fourth-order valence-corrected chi connectivity index (χ4v) is 4.83. The van der Waals surface area contributed by atoms with Crippen molar-refractivity contribution < 1.29 is 13.2 Å². The van der Waals surface area contributed by atoms with Crippen LogP contribution in [-0.4, -0.2) is 32.2 Å². The smallest absolute Gasteiger partial charge is 0.263 e. The summed E-state index contributed by atoms with van der Waals surface area (Å²) in [6, 6.07) is 6.34. The molecule has 2 N–H and O–H groups in total. The summed E-state index contributed by atoms with van der Waals surface area (Å²) in [5, 5.41) is 3.12. The molecule has 1 amide bonds. The van der Waals surface area contributed by atoms with Gasteiger partial charge in [0.05, 0.1) is 4.90 Å². The summed E-state index contributed by atoms with van der Waals surface area (Å²) >= 11 is 0. The highest BCUT2D eigenvalue weighted by Crippen LogP contribution is 2.24. The van der Waals surface area contributed by atoms with Crippen LogP contribution in [0.4, 0.5) is 0 Å². The van der Waals surface area contributed by atoms with Crippen LogP contribution in [0.25, 0.3) is 0 Å². The number of carbonyl (C=O) groups excluding carboxylic acids is 1. The second-order valence-electron chi connectivity index (χ2n) is 7.57. The molecule has 1 atom stereocenters. The summed E-state index contributed by atoms with van der Waals surface area (Å²) in [7, 11) is -3.59. The zero-order valence-corrected chi connectivity index (χ0v) is 16.2. The molecule has 1 aromatic carbocycles. The lowest BCUT2D eigenvalue weighted by atomic mass is 9.95. The molecule has 1 saturated carbocycles. The molecule has 2 aliphatic rings. The van der Waals surface area contributed by atoms with Crippen molar-refractivity contribution in [3.8, 4) is 0 Å². The van der Waals surface area contributed by atoms with Crippen LogP contribution in [0.3, 0.4) is 0 Å². The number of nitrogens with one attached hydrogen (secondary N) is 2. The quantitative estimate of drug-likeness (QED) is 0.827. The van der Waals surface area contributed by atoms with Crippen molar-refractivity contribution in [3.63, 3.8) is 0 Å². The standard InChI is InChI=1S/C19H27N3O3S/c1-13(2)12-16(19(23)20-14-8-4-3-5-9-14)21-18-15-10-6-7-11-17(15)26(24,25)22-18/h6-7,10-11,13-14,16H,3-5,8-9,12H2,1-2H3,(H,20,23)(H,21,22)/t16-/m1/s1. The van der Waals surface area contributed by atoms with Crippen LogP contribution in [0.1, 0.15) is 57.9 Å². The molecular weight excluding hydrogens is 350 g/mol. The lowest BCUT2D eigenvalue weighted by molar-refractivity contribution is -0.123. The van der Waals surface area contributed by atoms with E-state index in [9.17, 15) is 13.2 Å². The summed E-state index contributed by atoms with van der Waals surface area (Å²) in [5.41, 5.74) is 0.534. The van der Waals surface area contributed by atoms with E-state index >= 15 is 0 Å². The van der Waals surface area contributed by atoms with E-state index in [2.05, 4.69) is 15.0 Å². The minimum Gasteiger partial charge on any atom is -0.352 e. The van der Waals surface area contributed by atoms with Gasteiger partial charge in [0.1, 0.15) is 11.9 Å². The number of hydrogen-bond acceptors (Lipinski definition) is 4. The first kappa shape index (κ1) is 18.9. The van der Waals surface area contributed by atoms with Crippen molar-refractivity contribution in [2.24, 2.45) is 10.9 Å². The number of aliphatic imine (C=N–C) groups is 1. The molecule has 0 saturated heterocycles. The van der Waals surface area contributed by atoms with E-state index in [-0.39, 0.29) is 28.6 Å². The highest BCUT2D eigenvalue weighted by Gasteiger charge is 2.32. The van der Waals surface area contributed by atoms with Crippen LogP contribution in [-0.2, 0) is 14.8 Å². The predicted octanol–water partition coefficient (Wildman–Crippen LogP) is 2.59. The van der Waals surface area contributed by atoms with E-state index in [1.807, 2.05) is 13.8 Å². The Labute approximate surface area is 155 Å². The number of hydrogen-bond donors (Lipinski definition) is 2. The number of rotatable bonds is 5. The Morgan fingerprint density at radius 2 is 1.92 bits per heavy atom. The molecule has 26 heavy (non-hydrogen) atoms. The highest BCUT2D eigenvalue weighted by atomic mass is 32.2. The van der Waals surface area contributed by atoms with Gasteiger partial charge in [0.25, 0.3) is 10.0 Å². The van der Waals surface area contributed by atoms with Crippen LogP contribution >= 0.6 is 0 Å². The minimum atomic E-state index is -3.59. The molecule has 142 valence electrons. The van der Waals surface area contributed by atoms with E-state index in [1.165, 1.54) is 6.42 Å². The monoisotopic (exact) mass is 377 g/mol. The summed E-state index contributed by atoms with van der Waals surface area (Å²) < 4.78 is 27.0. The molecular formula is C19H27N3O3S. The largest absolute Gasteiger partial charge is 0.352 e. The van der Waals surface area contributed by atoms with Crippen molar-refractivity contribution >= 4 is 21.8 Å². The lowest BCUT2D eigenvalue weighted by Crippen LogP contribution is -2.42. The molecule has 1 aromatic rings. The van der Waals surface area contributed by atoms with Gasteiger partial charge in [-0.25, -0.2) is 8.42 Å². The third kappa shape index (κ3) is 4.26. The van der Waals surface area contributed by atoms with Gasteiger partial charge in [-0.3, -0.25) is 14.5 Å². The molecule has 1 aliphatic carbocycles. The number of amides is 1. The van der Waals surface area contributed by atoms with Crippen molar-refractivity contribution in [2.45, 2.75) is 69.4 Å². The third-order valence-corrected chi connectivity index (χ3v) is 6.29. The maximum Gasteiger partial charge on any atom is 0.263 e. The Bertz CT molecular complexity index is 796. The molecule has 0 unspecified atom stereocenters. The number of amidine groups is 1. The fraction of sp³-hybridized carbons (Fsp3) is 0.579. The molecule has 1 heterocycles. The van der Waals surface area contributed by atoms with E-state index in [4.69, 9.17) is 0 Å². The molecule has 0 bridgehead atoms. The molecule has 0 aromatic heterocycles. The Kier molecular flexibility index (Phi) is 5.65. The number of fused-ring (bicyclic) bond motifs is 1. The van der Waals surface area contributed by atoms with Crippen LogP contribution in [0.15, 0.2) is 34.2 Å². The summed E-state index contributed by atoms with van der Waals surface area (Å²) in [6.45, 7) is 4.07. The topological polar surface area (TPSA) is 87.6 Å². The third-order valence-electron chi connectivity index (χ3n) is 4.90. The second kappa shape index (κ2) is 7.78. The van der Waals surface area contributed by atoms with E-state index in [0.717, 1.165) is 25.7 Å². The second-order valence-corrected chi connectivity index (χ2v) is 9.22. The Morgan fingerprint density at radius 3 is 2.62 bits per heavy atom. The van der Waals surface area contributed by atoms with Crippen LogP contribution in [0.2, 0.25) is 0 Å². The van der Waals surface area contributed by atoms with Crippen LogP contribution in [0.5, 0.6) is 0 Å². The molecule has 6 nitrogen and oxygen atoms in total. The molecule has 3 rings (SSSR count). The molecule has 0 radical (unpaired) electrons. The first-order valence-corrected chi connectivity index (χ1v) is 10.9. The average molecular weight is 378 g/mol. The van der Waals surface area contributed by atoms with Gasteiger partial charge < -0.3 is 5.32 Å². The first-order chi connectivity index (χ1) is 12.4. The molecule has 0 spiro atoms. The predicted molar refractivity (Wildman–Crippen MR) is 102 cm³/mol. The SMILES string of the molecule is CC(C)C[C@@H](N=C1NS(=O)(=O)c2ccccc21)C(=O)NC1CCCCC1. The summed E-state index contributed by atoms with van der Waals surface area (Å²) in [5.74, 6) is 0.432. The highest BCUT2D eigenvalue weighted by molar-refractivity contribution is 7.90. The van der Waals surface area contributed by atoms with E-state index in [1.54, 1.807) is 24.3 Å². The number of benzene rings is 1. The van der Waals surface area contributed by atoms with Gasteiger partial charge in [-0.15, -0.1) is 0 Å². The minimum absolute atomic E-state index is 0.110. The van der Waals surface area contributed by atoms with E-state index in [0.29, 0.717) is 12.0 Å². The molecule has 7 heteroatoms. The van der Waals surface area contributed by atoms with Crippen molar-refractivity contribution in [2.75, 3.05) is 0 Å². The van der Waals surface area contributed by atoms with Crippen LogP contribution in [0, 0.1) is 5.92 Å². The van der Waals surface area contributed by atoms with Crippen LogP contribution < -0.4 is 10.0 Å². The zero-order chi connectivity index (χ0) is 18.7. The average Bonchev–Trinajstić information content (AvgIpc) is 2.86. The fourth-order valence-electron chi connectivity index (χ4n) is 3.59. The van der Waals surface area contributed by atoms with Crippen molar-refractivity contribution in [1.29, 1.82) is 0 Å². The molecule has 1 fully saturated rings. The summed E-state index contributed by atoms with van der Waals surface area (Å²) in [4.78, 5) is 17.6.